The second-order valence-electron chi connectivity index (χ2n) is 5.62. The number of hydrogen-bond donors (Lipinski definition) is 1. The molecule has 3 aromatic heterocycles. The molecule has 3 aromatic rings. The first-order chi connectivity index (χ1) is 12.0. The van der Waals surface area contributed by atoms with E-state index >= 15 is 0 Å². The summed E-state index contributed by atoms with van der Waals surface area (Å²) < 4.78 is 4.19. The van der Waals surface area contributed by atoms with Crippen LogP contribution in [-0.4, -0.2) is 29.9 Å². The number of hydrazone groups is 1. The molecule has 3 rings (SSSR count). The second-order valence-corrected chi connectivity index (χ2v) is 5.62. The van der Waals surface area contributed by atoms with Crippen molar-refractivity contribution < 1.29 is 0 Å². The molecule has 0 fully saturated rings. The Balaban J connectivity index is 2.09. The zero-order valence-corrected chi connectivity index (χ0v) is 14.3. The molecule has 0 aliphatic heterocycles. The lowest BCUT2D eigenvalue weighted by Crippen LogP contribution is -2.37. The SMILES string of the molecule is CCCn1c(N/N=C/c2cccnc2)nc2c1c(=O)n(C)c(=O)n2C. The molecule has 9 nitrogen and oxygen atoms in total. The monoisotopic (exact) mass is 341 g/mol. The smallest absolute Gasteiger partial charge is 0.303 e. The van der Waals surface area contributed by atoms with Crippen molar-refractivity contribution >= 4 is 23.3 Å². The molecule has 0 saturated carbocycles. The van der Waals surface area contributed by atoms with Gasteiger partial charge in [-0.15, -0.1) is 0 Å². The fourth-order valence-corrected chi connectivity index (χ4v) is 2.59. The molecule has 9 heteroatoms. The van der Waals surface area contributed by atoms with Gasteiger partial charge in [0.15, 0.2) is 11.2 Å². The summed E-state index contributed by atoms with van der Waals surface area (Å²) in [7, 11) is 3.05. The van der Waals surface area contributed by atoms with Crippen molar-refractivity contribution in [2.24, 2.45) is 19.2 Å². The summed E-state index contributed by atoms with van der Waals surface area (Å²) >= 11 is 0. The van der Waals surface area contributed by atoms with Crippen LogP contribution in [0.2, 0.25) is 0 Å². The highest BCUT2D eigenvalue weighted by molar-refractivity contribution is 5.80. The molecule has 25 heavy (non-hydrogen) atoms. The Morgan fingerprint density at radius 2 is 2.08 bits per heavy atom. The van der Waals surface area contributed by atoms with Crippen molar-refractivity contribution in [3.8, 4) is 0 Å². The maximum Gasteiger partial charge on any atom is 0.332 e. The number of nitrogens with one attached hydrogen (secondary N) is 1. The minimum atomic E-state index is -0.413. The minimum absolute atomic E-state index is 0.334. The summed E-state index contributed by atoms with van der Waals surface area (Å²) in [4.78, 5) is 33.0. The lowest BCUT2D eigenvalue weighted by molar-refractivity contribution is 0.679. The van der Waals surface area contributed by atoms with Gasteiger partial charge < -0.3 is 4.57 Å². The minimum Gasteiger partial charge on any atom is -0.303 e. The van der Waals surface area contributed by atoms with Crippen LogP contribution in [0.15, 0.2) is 39.2 Å². The topological polar surface area (TPSA) is 99.1 Å². The second kappa shape index (κ2) is 6.71. The number of aryl methyl sites for hydroxylation is 2. The molecule has 1 N–H and O–H groups in total. The summed E-state index contributed by atoms with van der Waals surface area (Å²) in [5.74, 6) is 0.412. The highest BCUT2D eigenvalue weighted by Gasteiger charge is 2.18. The zero-order chi connectivity index (χ0) is 18.0. The van der Waals surface area contributed by atoms with Crippen LogP contribution in [0.3, 0.4) is 0 Å². The van der Waals surface area contributed by atoms with Crippen molar-refractivity contribution in [2.75, 3.05) is 5.43 Å². The fraction of sp³-hybridized carbons (Fsp3) is 0.312. The van der Waals surface area contributed by atoms with Gasteiger partial charge in [-0.3, -0.25) is 18.9 Å². The summed E-state index contributed by atoms with van der Waals surface area (Å²) in [5.41, 5.74) is 3.62. The normalized spacial score (nSPS) is 11.5. The third kappa shape index (κ3) is 2.95. The highest BCUT2D eigenvalue weighted by Crippen LogP contribution is 2.16. The van der Waals surface area contributed by atoms with Gasteiger partial charge in [0.1, 0.15) is 0 Å². The number of imidazole rings is 1. The molecule has 3 heterocycles. The largest absolute Gasteiger partial charge is 0.332 e. The molecule has 0 amide bonds. The molecular formula is C16H19N7O2. The van der Waals surface area contributed by atoms with Crippen LogP contribution in [0.5, 0.6) is 0 Å². The van der Waals surface area contributed by atoms with Crippen LogP contribution in [0.4, 0.5) is 5.95 Å². The Bertz CT molecular complexity index is 1040. The van der Waals surface area contributed by atoms with Crippen molar-refractivity contribution in [1.29, 1.82) is 0 Å². The average Bonchev–Trinajstić information content (AvgIpc) is 2.98. The summed E-state index contributed by atoms with van der Waals surface area (Å²) in [6.07, 6.45) is 5.78. The van der Waals surface area contributed by atoms with E-state index in [1.807, 2.05) is 19.1 Å². The average molecular weight is 341 g/mol. The summed E-state index contributed by atoms with van der Waals surface area (Å²) in [6.45, 7) is 2.58. The van der Waals surface area contributed by atoms with Gasteiger partial charge in [-0.1, -0.05) is 13.0 Å². The van der Waals surface area contributed by atoms with E-state index in [9.17, 15) is 9.59 Å². The number of hydrogen-bond acceptors (Lipinski definition) is 6. The first kappa shape index (κ1) is 16.6. The third-order valence-corrected chi connectivity index (χ3v) is 3.86. The molecule has 0 spiro atoms. The first-order valence-corrected chi connectivity index (χ1v) is 7.90. The molecule has 0 atom stereocenters. The van der Waals surface area contributed by atoms with Gasteiger partial charge in [0.25, 0.3) is 5.56 Å². The Morgan fingerprint density at radius 3 is 2.76 bits per heavy atom. The Hall–Kier alpha value is -3.23. The van der Waals surface area contributed by atoms with Crippen molar-refractivity contribution in [3.05, 3.63) is 50.9 Å². The van der Waals surface area contributed by atoms with Gasteiger partial charge in [-0.25, -0.2) is 10.2 Å². The van der Waals surface area contributed by atoms with E-state index in [0.29, 0.717) is 23.7 Å². The highest BCUT2D eigenvalue weighted by atomic mass is 16.2. The molecule has 0 aromatic carbocycles. The third-order valence-electron chi connectivity index (χ3n) is 3.86. The maximum absolute atomic E-state index is 12.5. The predicted octanol–water partition coefficient (Wildman–Crippen LogP) is 0.685. The summed E-state index contributed by atoms with van der Waals surface area (Å²) in [5, 5.41) is 4.16. The number of fused-ring (bicyclic) bond motifs is 1. The quantitative estimate of drug-likeness (QED) is 0.543. The van der Waals surface area contributed by atoms with E-state index in [-0.39, 0.29) is 5.56 Å². The zero-order valence-electron chi connectivity index (χ0n) is 14.3. The van der Waals surface area contributed by atoms with E-state index in [1.165, 1.54) is 11.6 Å². The first-order valence-electron chi connectivity index (χ1n) is 7.90. The molecule has 0 bridgehead atoms. The Kier molecular flexibility index (Phi) is 4.46. The van der Waals surface area contributed by atoms with E-state index < -0.39 is 5.69 Å². The molecular weight excluding hydrogens is 322 g/mol. The number of rotatable bonds is 5. The van der Waals surface area contributed by atoms with Crippen LogP contribution < -0.4 is 16.7 Å². The van der Waals surface area contributed by atoms with Crippen molar-refractivity contribution in [2.45, 2.75) is 19.9 Å². The van der Waals surface area contributed by atoms with Crippen molar-refractivity contribution in [3.63, 3.8) is 0 Å². The van der Waals surface area contributed by atoms with Gasteiger partial charge in [-0.05, 0) is 12.5 Å². The van der Waals surface area contributed by atoms with Gasteiger partial charge in [0, 0.05) is 38.6 Å². The Labute approximate surface area is 143 Å². The molecule has 0 aliphatic rings. The van der Waals surface area contributed by atoms with E-state index in [1.54, 1.807) is 30.2 Å². The van der Waals surface area contributed by atoms with Crippen LogP contribution in [-0.2, 0) is 20.6 Å². The Morgan fingerprint density at radius 1 is 1.28 bits per heavy atom. The number of nitrogens with zero attached hydrogens (tertiary/aromatic N) is 6. The van der Waals surface area contributed by atoms with E-state index in [2.05, 4.69) is 20.5 Å². The van der Waals surface area contributed by atoms with E-state index in [0.717, 1.165) is 16.6 Å². The van der Waals surface area contributed by atoms with Gasteiger partial charge in [-0.2, -0.15) is 10.1 Å². The van der Waals surface area contributed by atoms with Gasteiger partial charge in [0.05, 0.1) is 6.21 Å². The van der Waals surface area contributed by atoms with Crippen molar-refractivity contribution in [1.82, 2.24) is 23.7 Å². The standard InChI is InChI=1S/C16H19N7O2/c1-4-8-23-12-13(21(2)16(25)22(3)14(12)24)19-15(23)20-18-10-11-6-5-7-17-9-11/h5-7,9-10H,4,8H2,1-3H3,(H,19,20)/b18-10+. The summed E-state index contributed by atoms with van der Waals surface area (Å²) in [6, 6.07) is 3.68. The number of aromatic nitrogens is 5. The van der Waals surface area contributed by atoms with Crippen LogP contribution in [0.25, 0.3) is 11.2 Å². The number of pyridine rings is 1. The predicted molar refractivity (Wildman–Crippen MR) is 96.0 cm³/mol. The molecule has 0 aliphatic carbocycles. The molecule has 0 radical (unpaired) electrons. The van der Waals surface area contributed by atoms with E-state index in [4.69, 9.17) is 0 Å². The van der Waals surface area contributed by atoms with Gasteiger partial charge in [0.2, 0.25) is 5.95 Å². The molecule has 130 valence electrons. The fourth-order valence-electron chi connectivity index (χ4n) is 2.59. The van der Waals surface area contributed by atoms with Crippen LogP contribution >= 0.6 is 0 Å². The lowest BCUT2D eigenvalue weighted by Gasteiger charge is -2.07. The molecule has 0 saturated heterocycles. The van der Waals surface area contributed by atoms with Gasteiger partial charge >= 0.3 is 5.69 Å². The maximum atomic E-state index is 12.5. The molecule has 0 unspecified atom stereocenters. The number of anilines is 1. The lowest BCUT2D eigenvalue weighted by atomic mass is 10.3. The van der Waals surface area contributed by atoms with Crippen LogP contribution in [0, 0.1) is 0 Å². The van der Waals surface area contributed by atoms with Crippen LogP contribution in [0.1, 0.15) is 18.9 Å².